The van der Waals surface area contributed by atoms with Crippen molar-refractivity contribution in [2.24, 2.45) is 22.6 Å². The molecule has 86 valence electrons. The number of nitrogens with one attached hydrogen (secondary N) is 1. The molecule has 1 aromatic carbocycles. The van der Waals surface area contributed by atoms with Gasteiger partial charge >= 0.3 is 0 Å². The van der Waals surface area contributed by atoms with Gasteiger partial charge in [0.05, 0.1) is 12.4 Å². The van der Waals surface area contributed by atoms with E-state index in [0.29, 0.717) is 18.4 Å². The molecule has 0 aliphatic carbocycles. The van der Waals surface area contributed by atoms with E-state index in [9.17, 15) is 0 Å². The summed E-state index contributed by atoms with van der Waals surface area (Å²) in [5, 5.41) is 3.34. The smallest absolute Gasteiger partial charge is 0.0988 e. The zero-order chi connectivity index (χ0) is 11.4. The van der Waals surface area contributed by atoms with Crippen LogP contribution in [0, 0.1) is 11.8 Å². The molecule has 2 atom stereocenters. The summed E-state index contributed by atoms with van der Waals surface area (Å²) in [6, 6.07) is 10.2. The molecule has 0 aromatic heterocycles. The van der Waals surface area contributed by atoms with E-state index in [1.54, 1.807) is 0 Å². The maximum Gasteiger partial charge on any atom is 0.0988 e. The second-order valence-corrected chi connectivity index (χ2v) is 4.47. The van der Waals surface area contributed by atoms with E-state index < -0.39 is 0 Å². The first-order valence-electron chi connectivity index (χ1n) is 5.82. The summed E-state index contributed by atoms with van der Waals surface area (Å²) in [7, 11) is 0. The Hall–Kier alpha value is -1.35. The van der Waals surface area contributed by atoms with Crippen LogP contribution in [0.4, 0.5) is 0 Å². The summed E-state index contributed by atoms with van der Waals surface area (Å²) in [5.74, 6) is 1.80. The lowest BCUT2D eigenvalue weighted by Crippen LogP contribution is -2.29. The van der Waals surface area contributed by atoms with Gasteiger partial charge in [0, 0.05) is 12.5 Å². The quantitative estimate of drug-likeness (QED) is 0.594. The molecule has 2 rings (SSSR count). The monoisotopic (exact) mass is 217 g/mol. The fourth-order valence-electron chi connectivity index (χ4n) is 2.09. The highest BCUT2D eigenvalue weighted by Gasteiger charge is 2.25. The average Bonchev–Trinajstić information content (AvgIpc) is 2.74. The van der Waals surface area contributed by atoms with Crippen LogP contribution < -0.4 is 11.1 Å². The van der Waals surface area contributed by atoms with Gasteiger partial charge in [-0.3, -0.25) is 4.99 Å². The highest BCUT2D eigenvalue weighted by atomic mass is 15.0. The van der Waals surface area contributed by atoms with Gasteiger partial charge in [-0.15, -0.1) is 0 Å². The zero-order valence-corrected chi connectivity index (χ0v) is 9.69. The van der Waals surface area contributed by atoms with Crippen LogP contribution in [0.5, 0.6) is 0 Å². The Kier molecular flexibility index (Phi) is 3.57. The minimum Gasteiger partial charge on any atom is -0.387 e. The molecule has 1 aliphatic rings. The fraction of sp³-hybridized carbons (Fsp3) is 0.462. The predicted molar refractivity (Wildman–Crippen MR) is 67.3 cm³/mol. The number of amidine groups is 1. The van der Waals surface area contributed by atoms with Crippen molar-refractivity contribution in [2.75, 3.05) is 13.1 Å². The van der Waals surface area contributed by atoms with Crippen molar-refractivity contribution in [3.63, 3.8) is 0 Å². The van der Waals surface area contributed by atoms with E-state index in [1.807, 2.05) is 18.2 Å². The number of rotatable bonds is 3. The minimum atomic E-state index is 0.406. The number of nitrogens with two attached hydrogens (primary N) is 1. The van der Waals surface area contributed by atoms with Gasteiger partial charge < -0.3 is 11.1 Å². The molecular formula is C13H19N3. The van der Waals surface area contributed by atoms with Crippen molar-refractivity contribution in [3.05, 3.63) is 35.9 Å². The molecule has 0 spiro atoms. The van der Waals surface area contributed by atoms with Crippen LogP contribution >= 0.6 is 0 Å². The standard InChI is InChI=1S/C13H19N3/c1-10-7-15-9-12(10)13(14)16-8-11-5-3-2-4-6-11/h2-6,10,12,15H,7-9H2,1H3,(H2,14,16)/t10-,12-/m1/s1. The molecule has 1 aliphatic heterocycles. The molecule has 3 nitrogen and oxygen atoms in total. The van der Waals surface area contributed by atoms with Crippen LogP contribution in [-0.2, 0) is 6.54 Å². The third-order valence-electron chi connectivity index (χ3n) is 3.18. The second-order valence-electron chi connectivity index (χ2n) is 4.47. The van der Waals surface area contributed by atoms with E-state index in [-0.39, 0.29) is 0 Å². The largest absolute Gasteiger partial charge is 0.387 e. The summed E-state index contributed by atoms with van der Waals surface area (Å²) in [5.41, 5.74) is 7.24. The van der Waals surface area contributed by atoms with E-state index >= 15 is 0 Å². The second kappa shape index (κ2) is 5.12. The molecule has 16 heavy (non-hydrogen) atoms. The van der Waals surface area contributed by atoms with Gasteiger partial charge in [0.15, 0.2) is 0 Å². The number of aliphatic imine (C=N–C) groups is 1. The zero-order valence-electron chi connectivity index (χ0n) is 9.69. The van der Waals surface area contributed by atoms with Crippen LogP contribution in [0.1, 0.15) is 12.5 Å². The molecule has 1 aromatic rings. The fourth-order valence-corrected chi connectivity index (χ4v) is 2.09. The van der Waals surface area contributed by atoms with Crippen molar-refractivity contribution in [2.45, 2.75) is 13.5 Å². The maximum atomic E-state index is 6.03. The Bertz CT molecular complexity index is 359. The summed E-state index contributed by atoms with van der Waals surface area (Å²) in [6.07, 6.45) is 0. The van der Waals surface area contributed by atoms with Gasteiger partial charge in [0.2, 0.25) is 0 Å². The summed E-state index contributed by atoms with van der Waals surface area (Å²) in [6.45, 7) is 4.92. The Balaban J connectivity index is 1.97. The number of hydrogen-bond donors (Lipinski definition) is 2. The lowest BCUT2D eigenvalue weighted by Gasteiger charge is -2.13. The molecule has 1 fully saturated rings. The lowest BCUT2D eigenvalue weighted by atomic mass is 9.97. The van der Waals surface area contributed by atoms with Crippen LogP contribution in [0.25, 0.3) is 0 Å². The van der Waals surface area contributed by atoms with Crippen molar-refractivity contribution in [1.29, 1.82) is 0 Å². The Morgan fingerprint density at radius 1 is 1.38 bits per heavy atom. The molecule has 0 amide bonds. The van der Waals surface area contributed by atoms with E-state index in [0.717, 1.165) is 18.9 Å². The maximum absolute atomic E-state index is 6.03. The summed E-state index contributed by atoms with van der Waals surface area (Å²) >= 11 is 0. The molecule has 0 radical (unpaired) electrons. The third-order valence-corrected chi connectivity index (χ3v) is 3.18. The minimum absolute atomic E-state index is 0.406. The van der Waals surface area contributed by atoms with Crippen molar-refractivity contribution in [3.8, 4) is 0 Å². The number of nitrogens with zero attached hydrogens (tertiary/aromatic N) is 1. The van der Waals surface area contributed by atoms with Gasteiger partial charge in [0.1, 0.15) is 0 Å². The normalized spacial score (nSPS) is 25.9. The summed E-state index contributed by atoms with van der Waals surface area (Å²) in [4.78, 5) is 4.48. The van der Waals surface area contributed by atoms with Gasteiger partial charge in [0.25, 0.3) is 0 Å². The average molecular weight is 217 g/mol. The van der Waals surface area contributed by atoms with E-state index in [2.05, 4.69) is 29.4 Å². The molecule has 3 heteroatoms. The first-order chi connectivity index (χ1) is 7.77. The third kappa shape index (κ3) is 2.61. The summed E-state index contributed by atoms with van der Waals surface area (Å²) < 4.78 is 0. The van der Waals surface area contributed by atoms with Crippen LogP contribution in [-0.4, -0.2) is 18.9 Å². The topological polar surface area (TPSA) is 50.4 Å². The van der Waals surface area contributed by atoms with Crippen LogP contribution in [0.15, 0.2) is 35.3 Å². The van der Waals surface area contributed by atoms with E-state index in [1.165, 1.54) is 5.56 Å². The molecular weight excluding hydrogens is 198 g/mol. The first-order valence-corrected chi connectivity index (χ1v) is 5.82. The Morgan fingerprint density at radius 3 is 2.75 bits per heavy atom. The predicted octanol–water partition coefficient (Wildman–Crippen LogP) is 1.40. The highest BCUT2D eigenvalue weighted by Crippen LogP contribution is 2.16. The molecule has 3 N–H and O–H groups in total. The van der Waals surface area contributed by atoms with Crippen molar-refractivity contribution >= 4 is 5.84 Å². The highest BCUT2D eigenvalue weighted by molar-refractivity contribution is 5.83. The van der Waals surface area contributed by atoms with Crippen LogP contribution in [0.2, 0.25) is 0 Å². The van der Waals surface area contributed by atoms with Gasteiger partial charge in [-0.25, -0.2) is 0 Å². The van der Waals surface area contributed by atoms with Gasteiger partial charge in [-0.2, -0.15) is 0 Å². The van der Waals surface area contributed by atoms with Crippen molar-refractivity contribution in [1.82, 2.24) is 5.32 Å². The molecule has 1 heterocycles. The van der Waals surface area contributed by atoms with E-state index in [4.69, 9.17) is 5.73 Å². The SMILES string of the molecule is C[C@@H]1CNC[C@H]1C(N)=NCc1ccccc1. The lowest BCUT2D eigenvalue weighted by molar-refractivity contribution is 0.565. The number of benzene rings is 1. The Labute approximate surface area is 96.8 Å². The molecule has 1 saturated heterocycles. The van der Waals surface area contributed by atoms with Gasteiger partial charge in [-0.05, 0) is 18.0 Å². The number of hydrogen-bond acceptors (Lipinski definition) is 2. The molecule has 0 saturated carbocycles. The van der Waals surface area contributed by atoms with Gasteiger partial charge in [-0.1, -0.05) is 37.3 Å². The Morgan fingerprint density at radius 2 is 2.12 bits per heavy atom. The van der Waals surface area contributed by atoms with Crippen molar-refractivity contribution < 1.29 is 0 Å². The molecule has 0 bridgehead atoms. The molecule has 0 unspecified atom stereocenters. The van der Waals surface area contributed by atoms with Crippen LogP contribution in [0.3, 0.4) is 0 Å². The first kappa shape index (κ1) is 11.1.